The fourth-order valence-corrected chi connectivity index (χ4v) is 2.34. The Labute approximate surface area is 107 Å². The Morgan fingerprint density at radius 3 is 2.47 bits per heavy atom. The highest BCUT2D eigenvalue weighted by Gasteiger charge is 2.17. The van der Waals surface area contributed by atoms with E-state index in [1.807, 2.05) is 12.1 Å². The van der Waals surface area contributed by atoms with Crippen LogP contribution in [-0.4, -0.2) is 18.4 Å². The molecule has 0 bridgehead atoms. The molecule has 0 heterocycles. The van der Waals surface area contributed by atoms with E-state index in [2.05, 4.69) is 17.4 Å². The molecule has 1 aromatic rings. The second-order valence-corrected chi connectivity index (χ2v) is 5.08. The number of rotatable bonds is 4. The predicted molar refractivity (Wildman–Crippen MR) is 70.4 cm³/mol. The Kier molecular flexibility index (Phi) is 4.57. The van der Waals surface area contributed by atoms with Gasteiger partial charge < -0.3 is 5.32 Å². The van der Waals surface area contributed by atoms with E-state index in [4.69, 9.17) is 11.6 Å². The minimum Gasteiger partial charge on any atom is -0.314 e. The summed E-state index contributed by atoms with van der Waals surface area (Å²) in [6.07, 6.45) is 4.51. The average Bonchev–Trinajstić information content (AvgIpc) is 2.34. The first-order valence-corrected chi connectivity index (χ1v) is 6.61. The first-order valence-electron chi connectivity index (χ1n) is 6.23. The molecule has 0 radical (unpaired) electrons. The van der Waals surface area contributed by atoms with Crippen LogP contribution in [0.2, 0.25) is 5.02 Å². The molecule has 17 heavy (non-hydrogen) atoms. The SMILES string of the molecule is O=C1CCC(NCCc2ccc(Cl)cc2)CC1. The van der Waals surface area contributed by atoms with E-state index in [9.17, 15) is 4.79 Å². The first-order chi connectivity index (χ1) is 8.24. The largest absolute Gasteiger partial charge is 0.314 e. The first kappa shape index (κ1) is 12.6. The smallest absolute Gasteiger partial charge is 0.133 e. The van der Waals surface area contributed by atoms with Crippen LogP contribution in [-0.2, 0) is 11.2 Å². The maximum absolute atomic E-state index is 11.1. The lowest BCUT2D eigenvalue weighted by molar-refractivity contribution is -0.120. The number of carbonyl (C=O) groups excluding carboxylic acids is 1. The lowest BCUT2D eigenvalue weighted by atomic mass is 9.94. The maximum atomic E-state index is 11.1. The number of Topliss-reactive ketones (excluding diaryl/α,β-unsaturated/α-hetero) is 1. The van der Waals surface area contributed by atoms with Gasteiger partial charge in [-0.05, 0) is 43.5 Å². The van der Waals surface area contributed by atoms with Gasteiger partial charge in [0.25, 0.3) is 0 Å². The molecule has 2 rings (SSSR count). The Morgan fingerprint density at radius 2 is 1.82 bits per heavy atom. The van der Waals surface area contributed by atoms with Gasteiger partial charge in [0.1, 0.15) is 5.78 Å². The summed E-state index contributed by atoms with van der Waals surface area (Å²) in [6, 6.07) is 8.51. The van der Waals surface area contributed by atoms with E-state index in [0.29, 0.717) is 11.8 Å². The zero-order chi connectivity index (χ0) is 12.1. The Hall–Kier alpha value is -0.860. The Balaban J connectivity index is 1.69. The van der Waals surface area contributed by atoms with Gasteiger partial charge in [0.15, 0.2) is 0 Å². The van der Waals surface area contributed by atoms with Crippen LogP contribution >= 0.6 is 11.6 Å². The van der Waals surface area contributed by atoms with Crippen molar-refractivity contribution in [3.05, 3.63) is 34.9 Å². The van der Waals surface area contributed by atoms with Crippen molar-refractivity contribution in [3.8, 4) is 0 Å². The summed E-state index contributed by atoms with van der Waals surface area (Å²) in [5.74, 6) is 0.417. The molecule has 1 aromatic carbocycles. The highest BCUT2D eigenvalue weighted by atomic mass is 35.5. The predicted octanol–water partition coefficient (Wildman–Crippen LogP) is 2.98. The van der Waals surface area contributed by atoms with Gasteiger partial charge >= 0.3 is 0 Å². The number of ketones is 1. The molecule has 1 aliphatic rings. The van der Waals surface area contributed by atoms with Crippen molar-refractivity contribution in [1.29, 1.82) is 0 Å². The minimum absolute atomic E-state index is 0.417. The molecule has 0 saturated heterocycles. The molecule has 0 atom stereocenters. The highest BCUT2D eigenvalue weighted by Crippen LogP contribution is 2.15. The van der Waals surface area contributed by atoms with Gasteiger partial charge in [0.05, 0.1) is 0 Å². The molecular weight excluding hydrogens is 234 g/mol. The monoisotopic (exact) mass is 251 g/mol. The van der Waals surface area contributed by atoms with Gasteiger partial charge in [-0.25, -0.2) is 0 Å². The van der Waals surface area contributed by atoms with Crippen LogP contribution in [0, 0.1) is 0 Å². The zero-order valence-electron chi connectivity index (χ0n) is 9.92. The molecule has 2 nitrogen and oxygen atoms in total. The van der Waals surface area contributed by atoms with Crippen LogP contribution in [0.5, 0.6) is 0 Å². The van der Waals surface area contributed by atoms with Gasteiger partial charge in [0.2, 0.25) is 0 Å². The lowest BCUT2D eigenvalue weighted by Crippen LogP contribution is -2.34. The quantitative estimate of drug-likeness (QED) is 0.892. The summed E-state index contributed by atoms with van der Waals surface area (Å²) in [6.45, 7) is 0.973. The Bertz CT molecular complexity index is 364. The van der Waals surface area contributed by atoms with Gasteiger partial charge in [-0.3, -0.25) is 4.79 Å². The normalized spacial score (nSPS) is 17.4. The zero-order valence-corrected chi connectivity index (χ0v) is 10.7. The molecule has 0 unspecified atom stereocenters. The fraction of sp³-hybridized carbons (Fsp3) is 0.500. The maximum Gasteiger partial charge on any atom is 0.133 e. The average molecular weight is 252 g/mol. The third-order valence-corrected chi connectivity index (χ3v) is 3.56. The Morgan fingerprint density at radius 1 is 1.18 bits per heavy atom. The van der Waals surface area contributed by atoms with E-state index in [0.717, 1.165) is 43.7 Å². The standard InChI is InChI=1S/C14H18ClNO/c15-12-3-1-11(2-4-12)9-10-16-13-5-7-14(17)8-6-13/h1-4,13,16H,5-10H2. The van der Waals surface area contributed by atoms with Crippen molar-refractivity contribution in [2.24, 2.45) is 0 Å². The molecule has 0 amide bonds. The number of carbonyl (C=O) groups is 1. The summed E-state index contributed by atoms with van der Waals surface area (Å²) in [7, 11) is 0. The van der Waals surface area contributed by atoms with E-state index < -0.39 is 0 Å². The molecule has 0 aliphatic heterocycles. The number of hydrogen-bond donors (Lipinski definition) is 1. The molecule has 1 saturated carbocycles. The van der Waals surface area contributed by atoms with E-state index in [1.165, 1.54) is 5.56 Å². The highest BCUT2D eigenvalue weighted by molar-refractivity contribution is 6.30. The fourth-order valence-electron chi connectivity index (χ4n) is 2.22. The van der Waals surface area contributed by atoms with Gasteiger partial charge in [-0.2, -0.15) is 0 Å². The second-order valence-electron chi connectivity index (χ2n) is 4.64. The minimum atomic E-state index is 0.417. The van der Waals surface area contributed by atoms with Crippen molar-refractivity contribution in [2.75, 3.05) is 6.54 Å². The molecular formula is C14H18ClNO. The van der Waals surface area contributed by atoms with Crippen molar-refractivity contribution in [1.82, 2.24) is 5.32 Å². The van der Waals surface area contributed by atoms with Crippen LogP contribution in [0.1, 0.15) is 31.2 Å². The van der Waals surface area contributed by atoms with Crippen molar-refractivity contribution in [2.45, 2.75) is 38.1 Å². The lowest BCUT2D eigenvalue weighted by Gasteiger charge is -2.22. The van der Waals surface area contributed by atoms with Crippen LogP contribution in [0.4, 0.5) is 0 Å². The van der Waals surface area contributed by atoms with Crippen LogP contribution in [0.25, 0.3) is 0 Å². The molecule has 0 spiro atoms. The third kappa shape index (κ3) is 4.14. The van der Waals surface area contributed by atoms with Crippen molar-refractivity contribution in [3.63, 3.8) is 0 Å². The van der Waals surface area contributed by atoms with E-state index in [1.54, 1.807) is 0 Å². The second kappa shape index (κ2) is 6.18. The number of nitrogens with one attached hydrogen (secondary N) is 1. The van der Waals surface area contributed by atoms with Gasteiger partial charge in [-0.1, -0.05) is 23.7 Å². The summed E-state index contributed by atoms with van der Waals surface area (Å²) < 4.78 is 0. The number of halogens is 1. The molecule has 1 aliphatic carbocycles. The van der Waals surface area contributed by atoms with Crippen LogP contribution in [0.15, 0.2) is 24.3 Å². The van der Waals surface area contributed by atoms with E-state index in [-0.39, 0.29) is 0 Å². The van der Waals surface area contributed by atoms with Crippen LogP contribution < -0.4 is 5.32 Å². The summed E-state index contributed by atoms with van der Waals surface area (Å²) in [5, 5.41) is 4.30. The topological polar surface area (TPSA) is 29.1 Å². The van der Waals surface area contributed by atoms with Crippen LogP contribution in [0.3, 0.4) is 0 Å². The number of hydrogen-bond acceptors (Lipinski definition) is 2. The van der Waals surface area contributed by atoms with E-state index >= 15 is 0 Å². The van der Waals surface area contributed by atoms with Gasteiger partial charge in [-0.15, -0.1) is 0 Å². The van der Waals surface area contributed by atoms with Gasteiger partial charge in [0, 0.05) is 23.9 Å². The third-order valence-electron chi connectivity index (χ3n) is 3.30. The molecule has 3 heteroatoms. The summed E-state index contributed by atoms with van der Waals surface area (Å²) in [5.41, 5.74) is 1.30. The molecule has 0 aromatic heterocycles. The molecule has 92 valence electrons. The summed E-state index contributed by atoms with van der Waals surface area (Å²) in [4.78, 5) is 11.1. The van der Waals surface area contributed by atoms with Crippen molar-refractivity contribution < 1.29 is 4.79 Å². The molecule has 1 N–H and O–H groups in total. The number of benzene rings is 1. The summed E-state index contributed by atoms with van der Waals surface area (Å²) >= 11 is 5.83. The van der Waals surface area contributed by atoms with Crippen molar-refractivity contribution >= 4 is 17.4 Å². The molecule has 1 fully saturated rings.